The van der Waals surface area contributed by atoms with E-state index in [0.717, 1.165) is 18.4 Å². The molecule has 2 aromatic rings. The maximum absolute atomic E-state index is 11.6. The standard InChI is InChI=1S/C13H15NO3/c1-3-4-7-14-11-6-5-10(9(2)15)8-12(11)17-13(14)16/h5-6,8H,3-4,7H2,1-2H3. The van der Waals surface area contributed by atoms with Crippen LogP contribution in [0, 0.1) is 0 Å². The van der Waals surface area contributed by atoms with Crippen molar-refractivity contribution in [1.82, 2.24) is 4.57 Å². The Labute approximate surface area is 98.8 Å². The Balaban J connectivity index is 2.52. The van der Waals surface area contributed by atoms with Crippen LogP contribution in [0.25, 0.3) is 11.1 Å². The van der Waals surface area contributed by atoms with E-state index >= 15 is 0 Å². The van der Waals surface area contributed by atoms with E-state index in [2.05, 4.69) is 6.92 Å². The molecule has 1 aromatic carbocycles. The van der Waals surface area contributed by atoms with Gasteiger partial charge in [-0.3, -0.25) is 9.36 Å². The minimum absolute atomic E-state index is 0.0316. The number of Topliss-reactive ketones (excluding diaryl/α,β-unsaturated/α-hetero) is 1. The van der Waals surface area contributed by atoms with Crippen molar-refractivity contribution in [1.29, 1.82) is 0 Å². The van der Waals surface area contributed by atoms with Crippen LogP contribution in [0.2, 0.25) is 0 Å². The van der Waals surface area contributed by atoms with Gasteiger partial charge in [-0.15, -0.1) is 0 Å². The number of fused-ring (bicyclic) bond motifs is 1. The summed E-state index contributed by atoms with van der Waals surface area (Å²) in [4.78, 5) is 22.9. The first-order valence-electron chi connectivity index (χ1n) is 5.78. The summed E-state index contributed by atoms with van der Waals surface area (Å²) >= 11 is 0. The molecule has 0 aliphatic rings. The number of nitrogens with zero attached hydrogens (tertiary/aromatic N) is 1. The fraction of sp³-hybridized carbons (Fsp3) is 0.385. The molecule has 90 valence electrons. The molecule has 0 atom stereocenters. The lowest BCUT2D eigenvalue weighted by molar-refractivity contribution is 0.101. The number of aryl methyl sites for hydroxylation is 1. The highest BCUT2D eigenvalue weighted by Gasteiger charge is 2.10. The van der Waals surface area contributed by atoms with E-state index in [0.29, 0.717) is 17.7 Å². The van der Waals surface area contributed by atoms with Crippen molar-refractivity contribution in [3.8, 4) is 0 Å². The van der Waals surface area contributed by atoms with Crippen LogP contribution >= 0.6 is 0 Å². The number of carbonyl (C=O) groups excluding carboxylic acids is 1. The number of benzene rings is 1. The van der Waals surface area contributed by atoms with E-state index in [9.17, 15) is 9.59 Å². The number of unbranched alkanes of at least 4 members (excludes halogenated alkanes) is 1. The zero-order valence-electron chi connectivity index (χ0n) is 10.0. The highest BCUT2D eigenvalue weighted by atomic mass is 16.4. The molecule has 4 nitrogen and oxygen atoms in total. The zero-order valence-corrected chi connectivity index (χ0v) is 10.0. The summed E-state index contributed by atoms with van der Waals surface area (Å²) in [6.45, 7) is 4.22. The monoisotopic (exact) mass is 233 g/mol. The second kappa shape index (κ2) is 4.57. The summed E-state index contributed by atoms with van der Waals surface area (Å²) in [6, 6.07) is 5.12. The van der Waals surface area contributed by atoms with Gasteiger partial charge in [0.1, 0.15) is 0 Å². The molecule has 0 N–H and O–H groups in total. The van der Waals surface area contributed by atoms with Crippen molar-refractivity contribution in [2.24, 2.45) is 0 Å². The largest absolute Gasteiger partial charge is 0.419 e. The first-order valence-corrected chi connectivity index (χ1v) is 5.78. The van der Waals surface area contributed by atoms with Crippen LogP contribution in [0.5, 0.6) is 0 Å². The van der Waals surface area contributed by atoms with Gasteiger partial charge in [0.2, 0.25) is 0 Å². The highest BCUT2D eigenvalue weighted by Crippen LogP contribution is 2.16. The van der Waals surface area contributed by atoms with Crippen molar-refractivity contribution in [3.05, 3.63) is 34.3 Å². The van der Waals surface area contributed by atoms with Crippen molar-refractivity contribution < 1.29 is 9.21 Å². The van der Waals surface area contributed by atoms with Gasteiger partial charge in [0, 0.05) is 12.1 Å². The fourth-order valence-electron chi connectivity index (χ4n) is 1.81. The molecular formula is C13H15NO3. The molecule has 0 unspecified atom stereocenters. The molecule has 0 saturated carbocycles. The third-order valence-electron chi connectivity index (χ3n) is 2.81. The number of oxazole rings is 1. The second-order valence-electron chi connectivity index (χ2n) is 4.11. The average molecular weight is 233 g/mol. The molecule has 1 heterocycles. The van der Waals surface area contributed by atoms with Gasteiger partial charge in [-0.25, -0.2) is 4.79 Å². The number of ketones is 1. The van der Waals surface area contributed by atoms with Crippen LogP contribution in [0.3, 0.4) is 0 Å². The van der Waals surface area contributed by atoms with Gasteiger partial charge < -0.3 is 4.42 Å². The van der Waals surface area contributed by atoms with Crippen molar-refractivity contribution in [3.63, 3.8) is 0 Å². The first-order chi connectivity index (χ1) is 8.13. The number of hydrogen-bond donors (Lipinski definition) is 0. The predicted molar refractivity (Wildman–Crippen MR) is 65.4 cm³/mol. The third kappa shape index (κ3) is 2.16. The fourth-order valence-corrected chi connectivity index (χ4v) is 1.81. The molecule has 0 fully saturated rings. The quantitative estimate of drug-likeness (QED) is 0.763. The second-order valence-corrected chi connectivity index (χ2v) is 4.11. The van der Waals surface area contributed by atoms with Gasteiger partial charge in [-0.05, 0) is 31.5 Å². The number of carbonyl (C=O) groups is 1. The van der Waals surface area contributed by atoms with Crippen molar-refractivity contribution >= 4 is 16.9 Å². The molecule has 0 bridgehead atoms. The lowest BCUT2D eigenvalue weighted by Crippen LogP contribution is -2.13. The molecular weight excluding hydrogens is 218 g/mol. The Morgan fingerprint density at radius 2 is 2.18 bits per heavy atom. The Hall–Kier alpha value is -1.84. The lowest BCUT2D eigenvalue weighted by atomic mass is 10.1. The molecule has 0 radical (unpaired) electrons. The number of rotatable bonds is 4. The summed E-state index contributed by atoms with van der Waals surface area (Å²) < 4.78 is 6.76. The van der Waals surface area contributed by atoms with Crippen LogP contribution in [-0.2, 0) is 6.54 Å². The van der Waals surface area contributed by atoms with E-state index in [1.807, 2.05) is 0 Å². The molecule has 0 spiro atoms. The molecule has 0 aliphatic carbocycles. The van der Waals surface area contributed by atoms with E-state index in [4.69, 9.17) is 4.42 Å². The Morgan fingerprint density at radius 3 is 2.82 bits per heavy atom. The van der Waals surface area contributed by atoms with Gasteiger partial charge >= 0.3 is 5.76 Å². The maximum atomic E-state index is 11.6. The van der Waals surface area contributed by atoms with Gasteiger partial charge in [-0.1, -0.05) is 13.3 Å². The summed E-state index contributed by atoms with van der Waals surface area (Å²) in [5.41, 5.74) is 1.81. The summed E-state index contributed by atoms with van der Waals surface area (Å²) in [5, 5.41) is 0. The van der Waals surface area contributed by atoms with E-state index in [1.54, 1.807) is 22.8 Å². The Morgan fingerprint density at radius 1 is 1.41 bits per heavy atom. The van der Waals surface area contributed by atoms with Crippen molar-refractivity contribution in [2.45, 2.75) is 33.2 Å². The van der Waals surface area contributed by atoms with Gasteiger partial charge in [0.05, 0.1) is 5.52 Å². The van der Waals surface area contributed by atoms with Crippen LogP contribution in [0.15, 0.2) is 27.4 Å². The molecule has 0 saturated heterocycles. The predicted octanol–water partition coefficient (Wildman–Crippen LogP) is 2.60. The normalized spacial score (nSPS) is 10.9. The Kier molecular flexibility index (Phi) is 3.13. The first kappa shape index (κ1) is 11.6. The van der Waals surface area contributed by atoms with Crippen LogP contribution in [0.1, 0.15) is 37.0 Å². The van der Waals surface area contributed by atoms with E-state index in [1.165, 1.54) is 6.92 Å². The smallest absolute Gasteiger partial charge is 0.408 e. The Bertz CT molecular complexity index is 607. The molecule has 4 heteroatoms. The third-order valence-corrected chi connectivity index (χ3v) is 2.81. The summed E-state index contributed by atoms with van der Waals surface area (Å²) in [7, 11) is 0. The minimum atomic E-state index is -0.353. The molecule has 1 aromatic heterocycles. The zero-order chi connectivity index (χ0) is 12.4. The van der Waals surface area contributed by atoms with Crippen LogP contribution in [0.4, 0.5) is 0 Å². The summed E-state index contributed by atoms with van der Waals surface area (Å²) in [6.07, 6.45) is 1.95. The average Bonchev–Trinajstić information content (AvgIpc) is 2.61. The number of hydrogen-bond acceptors (Lipinski definition) is 3. The maximum Gasteiger partial charge on any atom is 0.419 e. The molecule has 17 heavy (non-hydrogen) atoms. The lowest BCUT2D eigenvalue weighted by Gasteiger charge is -2.00. The highest BCUT2D eigenvalue weighted by molar-refractivity contribution is 5.96. The van der Waals surface area contributed by atoms with Crippen LogP contribution in [-0.4, -0.2) is 10.4 Å². The van der Waals surface area contributed by atoms with Crippen LogP contribution < -0.4 is 5.76 Å². The van der Waals surface area contributed by atoms with Gasteiger partial charge in [0.25, 0.3) is 0 Å². The molecule has 0 amide bonds. The van der Waals surface area contributed by atoms with Gasteiger partial charge in [-0.2, -0.15) is 0 Å². The van der Waals surface area contributed by atoms with Crippen molar-refractivity contribution in [2.75, 3.05) is 0 Å². The van der Waals surface area contributed by atoms with Gasteiger partial charge in [0.15, 0.2) is 11.4 Å². The van der Waals surface area contributed by atoms with E-state index < -0.39 is 0 Å². The molecule has 2 rings (SSSR count). The minimum Gasteiger partial charge on any atom is -0.408 e. The molecule has 0 aliphatic heterocycles. The summed E-state index contributed by atoms with van der Waals surface area (Å²) in [5.74, 6) is -0.384. The topological polar surface area (TPSA) is 52.2 Å². The SMILES string of the molecule is CCCCn1c(=O)oc2cc(C(C)=O)ccc21. The number of aromatic nitrogens is 1. The van der Waals surface area contributed by atoms with E-state index in [-0.39, 0.29) is 11.5 Å².